The lowest BCUT2D eigenvalue weighted by atomic mass is 10.1. The highest BCUT2D eigenvalue weighted by atomic mass is 16.2. The molecule has 2 rings (SSSR count). The molecule has 0 aliphatic heterocycles. The van der Waals surface area contributed by atoms with Crippen molar-refractivity contribution in [1.82, 2.24) is 9.97 Å². The van der Waals surface area contributed by atoms with Gasteiger partial charge in [0.25, 0.3) is 0 Å². The van der Waals surface area contributed by atoms with Crippen LogP contribution in [0.4, 0.5) is 22.2 Å². The van der Waals surface area contributed by atoms with Gasteiger partial charge < -0.3 is 16.4 Å². The van der Waals surface area contributed by atoms with Crippen LogP contribution in [0.15, 0.2) is 24.3 Å². The third-order valence-electron chi connectivity index (χ3n) is 3.29. The Balaban J connectivity index is 2.04. The number of urea groups is 1. The smallest absolute Gasteiger partial charge is 0.326 e. The largest absolute Gasteiger partial charge is 0.369 e. The average molecular weight is 314 g/mol. The van der Waals surface area contributed by atoms with E-state index >= 15 is 0 Å². The van der Waals surface area contributed by atoms with Crippen molar-refractivity contribution in [1.29, 1.82) is 0 Å². The normalized spacial score (nSPS) is 10.3. The van der Waals surface area contributed by atoms with Crippen LogP contribution in [0.25, 0.3) is 0 Å². The summed E-state index contributed by atoms with van der Waals surface area (Å²) < 4.78 is 0. The lowest BCUT2D eigenvalue weighted by molar-refractivity contribution is 0.262. The number of hydrogen-bond donors (Lipinski definition) is 4. The third kappa shape index (κ3) is 4.93. The molecule has 0 radical (unpaired) electrons. The second-order valence-electron chi connectivity index (χ2n) is 5.31. The predicted octanol–water partition coefficient (Wildman–Crippen LogP) is 2.42. The molecule has 2 aromatic rings. The number of aromatic nitrogens is 2. The fraction of sp³-hybridized carbons (Fsp3) is 0.312. The summed E-state index contributed by atoms with van der Waals surface area (Å²) in [4.78, 5) is 20.5. The number of carbonyl (C=O) groups is 1. The van der Waals surface area contributed by atoms with Gasteiger partial charge in [-0.2, -0.15) is 4.98 Å². The minimum absolute atomic E-state index is 0.242. The second-order valence-corrected chi connectivity index (χ2v) is 5.31. The summed E-state index contributed by atoms with van der Waals surface area (Å²) in [5.74, 6) is 0.871. The maximum atomic E-state index is 12.1. The van der Waals surface area contributed by atoms with Crippen LogP contribution in [0.3, 0.4) is 0 Å². The molecule has 0 unspecified atom stereocenters. The molecular formula is C16H22N6O. The van der Waals surface area contributed by atoms with Crippen molar-refractivity contribution in [2.24, 2.45) is 5.73 Å². The number of carbonyl (C=O) groups excluding carboxylic acids is 1. The Morgan fingerprint density at radius 2 is 1.87 bits per heavy atom. The van der Waals surface area contributed by atoms with Crippen molar-refractivity contribution in [3.8, 4) is 0 Å². The maximum Gasteiger partial charge on any atom is 0.326 e. The molecular weight excluding hydrogens is 292 g/mol. The number of nitrogens with one attached hydrogen (secondary N) is 3. The van der Waals surface area contributed by atoms with Crippen LogP contribution in [-0.4, -0.2) is 29.1 Å². The van der Waals surface area contributed by atoms with Crippen LogP contribution in [-0.2, 0) is 0 Å². The Hall–Kier alpha value is -2.67. The summed E-state index contributed by atoms with van der Waals surface area (Å²) in [5.41, 5.74) is 9.22. The van der Waals surface area contributed by atoms with Crippen LogP contribution < -0.4 is 21.7 Å². The van der Waals surface area contributed by atoms with Gasteiger partial charge in [-0.05, 0) is 44.0 Å². The fourth-order valence-electron chi connectivity index (χ4n) is 2.00. The van der Waals surface area contributed by atoms with Gasteiger partial charge in [-0.15, -0.1) is 0 Å². The van der Waals surface area contributed by atoms with Gasteiger partial charge in [-0.3, -0.25) is 5.32 Å². The summed E-state index contributed by atoms with van der Waals surface area (Å²) in [7, 11) is 0. The highest BCUT2D eigenvalue weighted by Crippen LogP contribution is 2.15. The minimum Gasteiger partial charge on any atom is -0.369 e. The van der Waals surface area contributed by atoms with E-state index in [-0.39, 0.29) is 12.0 Å². The van der Waals surface area contributed by atoms with Crippen LogP contribution >= 0.6 is 0 Å². The first-order valence-corrected chi connectivity index (χ1v) is 7.43. The van der Waals surface area contributed by atoms with E-state index in [9.17, 15) is 4.79 Å². The van der Waals surface area contributed by atoms with Gasteiger partial charge in [0.05, 0.1) is 0 Å². The molecule has 0 saturated heterocycles. The molecule has 1 heterocycles. The van der Waals surface area contributed by atoms with E-state index < -0.39 is 0 Å². The Morgan fingerprint density at radius 3 is 2.57 bits per heavy atom. The molecule has 1 aromatic carbocycles. The Labute approximate surface area is 135 Å². The molecule has 0 atom stereocenters. The number of nitrogens with zero attached hydrogens (tertiary/aromatic N) is 2. The molecule has 0 fully saturated rings. The fourth-order valence-corrected chi connectivity index (χ4v) is 2.00. The van der Waals surface area contributed by atoms with Crippen molar-refractivity contribution < 1.29 is 4.79 Å². The predicted molar refractivity (Wildman–Crippen MR) is 92.9 cm³/mol. The standard InChI is InChI=1S/C16H22N6O/c1-10-4-5-13(8-11(10)2)20-16(23)22-15-19-12(3)9-14(21-15)18-7-6-17/h4-5,8-9H,6-7,17H2,1-3H3,(H3,18,19,20,21,22,23). The van der Waals surface area contributed by atoms with Crippen LogP contribution in [0, 0.1) is 20.8 Å². The number of amides is 2. The molecule has 0 aliphatic carbocycles. The number of anilines is 3. The van der Waals surface area contributed by atoms with Crippen molar-refractivity contribution in [3.05, 3.63) is 41.1 Å². The number of aryl methyl sites for hydroxylation is 3. The Kier molecular flexibility index (Phi) is 5.48. The molecule has 0 saturated carbocycles. The number of nitrogens with two attached hydrogens (primary N) is 1. The lowest BCUT2D eigenvalue weighted by Gasteiger charge is -2.10. The molecule has 7 nitrogen and oxygen atoms in total. The maximum absolute atomic E-state index is 12.1. The average Bonchev–Trinajstić information content (AvgIpc) is 2.48. The number of rotatable bonds is 5. The van der Waals surface area contributed by atoms with E-state index in [0.29, 0.717) is 18.9 Å². The first-order chi connectivity index (χ1) is 11.0. The highest BCUT2D eigenvalue weighted by Gasteiger charge is 2.07. The third-order valence-corrected chi connectivity index (χ3v) is 3.29. The van der Waals surface area contributed by atoms with E-state index in [1.807, 2.05) is 39.0 Å². The molecule has 0 aliphatic rings. The van der Waals surface area contributed by atoms with Gasteiger partial charge >= 0.3 is 6.03 Å². The van der Waals surface area contributed by atoms with Gasteiger partial charge in [0, 0.05) is 30.5 Å². The van der Waals surface area contributed by atoms with Gasteiger partial charge in [0.15, 0.2) is 0 Å². The van der Waals surface area contributed by atoms with E-state index in [1.165, 1.54) is 5.56 Å². The SMILES string of the molecule is Cc1cc(NCCN)nc(NC(=O)Nc2ccc(C)c(C)c2)n1. The van der Waals surface area contributed by atoms with Crippen molar-refractivity contribution >= 4 is 23.5 Å². The molecule has 122 valence electrons. The topological polar surface area (TPSA) is 105 Å². The lowest BCUT2D eigenvalue weighted by Crippen LogP contribution is -2.22. The molecule has 0 bridgehead atoms. The quantitative estimate of drug-likeness (QED) is 0.678. The van der Waals surface area contributed by atoms with Gasteiger partial charge in [0.1, 0.15) is 5.82 Å². The van der Waals surface area contributed by atoms with Crippen LogP contribution in [0.5, 0.6) is 0 Å². The van der Waals surface area contributed by atoms with Crippen LogP contribution in [0.1, 0.15) is 16.8 Å². The zero-order chi connectivity index (χ0) is 16.8. The summed E-state index contributed by atoms with van der Waals surface area (Å²) in [5, 5.41) is 8.47. The molecule has 2 amide bonds. The van der Waals surface area contributed by atoms with Crippen LogP contribution in [0.2, 0.25) is 0 Å². The van der Waals surface area contributed by atoms with E-state index in [2.05, 4.69) is 25.9 Å². The zero-order valence-electron chi connectivity index (χ0n) is 13.6. The summed E-state index contributed by atoms with van der Waals surface area (Å²) in [6.07, 6.45) is 0. The molecule has 0 spiro atoms. The monoisotopic (exact) mass is 314 g/mol. The Bertz CT molecular complexity index is 701. The minimum atomic E-state index is -0.386. The number of hydrogen-bond acceptors (Lipinski definition) is 5. The Morgan fingerprint density at radius 1 is 1.09 bits per heavy atom. The second kappa shape index (κ2) is 7.55. The number of benzene rings is 1. The van der Waals surface area contributed by atoms with Crippen molar-refractivity contribution in [3.63, 3.8) is 0 Å². The molecule has 1 aromatic heterocycles. The summed E-state index contributed by atoms with van der Waals surface area (Å²) in [6.45, 7) is 6.96. The molecule has 23 heavy (non-hydrogen) atoms. The van der Waals surface area contributed by atoms with Crippen molar-refractivity contribution in [2.75, 3.05) is 29.0 Å². The first kappa shape index (κ1) is 16.7. The van der Waals surface area contributed by atoms with E-state index in [1.54, 1.807) is 6.07 Å². The van der Waals surface area contributed by atoms with Gasteiger partial charge in [-0.1, -0.05) is 6.07 Å². The van der Waals surface area contributed by atoms with E-state index in [0.717, 1.165) is 16.9 Å². The molecule has 5 N–H and O–H groups in total. The zero-order valence-corrected chi connectivity index (χ0v) is 13.6. The van der Waals surface area contributed by atoms with E-state index in [4.69, 9.17) is 5.73 Å². The van der Waals surface area contributed by atoms with Gasteiger partial charge in [0.2, 0.25) is 5.95 Å². The molecule has 7 heteroatoms. The highest BCUT2D eigenvalue weighted by molar-refractivity contribution is 5.98. The van der Waals surface area contributed by atoms with Gasteiger partial charge in [-0.25, -0.2) is 9.78 Å². The van der Waals surface area contributed by atoms with Crippen molar-refractivity contribution in [2.45, 2.75) is 20.8 Å². The first-order valence-electron chi connectivity index (χ1n) is 7.43. The summed E-state index contributed by atoms with van der Waals surface area (Å²) >= 11 is 0. The summed E-state index contributed by atoms with van der Waals surface area (Å²) in [6, 6.07) is 7.14.